The third-order valence-electron chi connectivity index (χ3n) is 3.09. The molecule has 0 aliphatic rings. The Kier molecular flexibility index (Phi) is 5.76. The van der Waals surface area contributed by atoms with E-state index in [9.17, 15) is 4.39 Å². The van der Waals surface area contributed by atoms with Crippen molar-refractivity contribution < 1.29 is 9.13 Å². The van der Waals surface area contributed by atoms with Gasteiger partial charge in [0.05, 0.1) is 12.7 Å². The van der Waals surface area contributed by atoms with Crippen LogP contribution in [-0.2, 0) is 4.74 Å². The zero-order chi connectivity index (χ0) is 14.6. The molecule has 1 aromatic carbocycles. The molecule has 0 saturated heterocycles. The van der Waals surface area contributed by atoms with Crippen LogP contribution < -0.4 is 10.6 Å². The van der Waals surface area contributed by atoms with E-state index in [0.717, 1.165) is 17.8 Å². The average molecular weight is 268 g/mol. The molecule has 0 aliphatic carbocycles. The van der Waals surface area contributed by atoms with Gasteiger partial charge in [-0.3, -0.25) is 0 Å². The number of rotatable bonds is 6. The van der Waals surface area contributed by atoms with E-state index in [4.69, 9.17) is 10.5 Å². The van der Waals surface area contributed by atoms with Gasteiger partial charge < -0.3 is 15.4 Å². The second kappa shape index (κ2) is 6.87. The molecule has 1 rings (SSSR count). The molecule has 1 unspecified atom stereocenters. The minimum atomic E-state index is -0.206. The van der Waals surface area contributed by atoms with Gasteiger partial charge in [-0.25, -0.2) is 4.39 Å². The van der Waals surface area contributed by atoms with Crippen LogP contribution in [0.5, 0.6) is 0 Å². The number of aryl methyl sites for hydroxylation is 1. The van der Waals surface area contributed by atoms with Gasteiger partial charge in [0.25, 0.3) is 0 Å². The Hall–Kier alpha value is -1.13. The normalized spacial score (nSPS) is 12.8. The highest BCUT2D eigenvalue weighted by molar-refractivity contribution is 5.56. The Bertz CT molecular complexity index is 419. The quantitative estimate of drug-likeness (QED) is 0.862. The Morgan fingerprint density at radius 1 is 1.32 bits per heavy atom. The SMILES string of the molecule is Cc1cc(N(C)CCOC(C)C)c(C(C)N)cc1F. The van der Waals surface area contributed by atoms with Crippen molar-refractivity contribution in [2.45, 2.75) is 39.8 Å². The maximum atomic E-state index is 13.6. The second-order valence-corrected chi connectivity index (χ2v) is 5.29. The van der Waals surface area contributed by atoms with Crippen LogP contribution in [-0.4, -0.2) is 26.3 Å². The highest BCUT2D eigenvalue weighted by Crippen LogP contribution is 2.27. The fourth-order valence-corrected chi connectivity index (χ4v) is 1.92. The van der Waals surface area contributed by atoms with Crippen molar-refractivity contribution >= 4 is 5.69 Å². The van der Waals surface area contributed by atoms with Gasteiger partial charge in [-0.2, -0.15) is 0 Å². The monoisotopic (exact) mass is 268 g/mol. The van der Waals surface area contributed by atoms with Gasteiger partial charge >= 0.3 is 0 Å². The highest BCUT2D eigenvalue weighted by atomic mass is 19.1. The molecule has 108 valence electrons. The molecule has 0 bridgehead atoms. The first-order valence-corrected chi connectivity index (χ1v) is 6.71. The lowest BCUT2D eigenvalue weighted by Crippen LogP contribution is -2.26. The summed E-state index contributed by atoms with van der Waals surface area (Å²) in [6, 6.07) is 3.19. The molecule has 0 amide bonds. The summed E-state index contributed by atoms with van der Waals surface area (Å²) >= 11 is 0. The molecule has 0 aliphatic heterocycles. The fraction of sp³-hybridized carbons (Fsp3) is 0.600. The number of likely N-dealkylation sites (N-methyl/N-ethyl adjacent to an activating group) is 1. The number of ether oxygens (including phenoxy) is 1. The number of benzene rings is 1. The molecular formula is C15H25FN2O. The molecule has 4 heteroatoms. The van der Waals surface area contributed by atoms with E-state index in [1.54, 1.807) is 6.92 Å². The first kappa shape index (κ1) is 15.9. The second-order valence-electron chi connectivity index (χ2n) is 5.29. The molecular weight excluding hydrogens is 243 g/mol. The summed E-state index contributed by atoms with van der Waals surface area (Å²) in [6.07, 6.45) is 0.219. The lowest BCUT2D eigenvalue weighted by atomic mass is 10.0. The summed E-state index contributed by atoms with van der Waals surface area (Å²) in [7, 11) is 1.97. The molecule has 0 spiro atoms. The first-order valence-electron chi connectivity index (χ1n) is 6.71. The Labute approximate surface area is 115 Å². The van der Waals surface area contributed by atoms with Crippen LogP contribution in [0, 0.1) is 12.7 Å². The molecule has 0 radical (unpaired) electrons. The lowest BCUT2D eigenvalue weighted by molar-refractivity contribution is 0.0846. The molecule has 0 saturated carbocycles. The van der Waals surface area contributed by atoms with E-state index < -0.39 is 0 Å². The summed E-state index contributed by atoms with van der Waals surface area (Å²) in [6.45, 7) is 9.05. The van der Waals surface area contributed by atoms with Crippen LogP contribution in [0.3, 0.4) is 0 Å². The Balaban J connectivity index is 2.88. The molecule has 0 aromatic heterocycles. The standard InChI is InChI=1S/C15H25FN2O/c1-10(2)19-7-6-18(5)15-8-11(3)14(16)9-13(15)12(4)17/h8-10,12H,6-7,17H2,1-5H3. The van der Waals surface area contributed by atoms with Gasteiger partial charge in [0, 0.05) is 25.3 Å². The van der Waals surface area contributed by atoms with E-state index in [-0.39, 0.29) is 18.0 Å². The average Bonchev–Trinajstić information content (AvgIpc) is 2.31. The molecule has 3 nitrogen and oxygen atoms in total. The smallest absolute Gasteiger partial charge is 0.126 e. The van der Waals surface area contributed by atoms with Crippen molar-refractivity contribution in [2.75, 3.05) is 25.1 Å². The van der Waals surface area contributed by atoms with Crippen LogP contribution >= 0.6 is 0 Å². The maximum absolute atomic E-state index is 13.6. The van der Waals surface area contributed by atoms with Gasteiger partial charge in [0.2, 0.25) is 0 Å². The third-order valence-corrected chi connectivity index (χ3v) is 3.09. The molecule has 0 heterocycles. The minimum absolute atomic E-state index is 0.196. The number of halogens is 1. The van der Waals surface area contributed by atoms with E-state index in [1.165, 1.54) is 6.07 Å². The van der Waals surface area contributed by atoms with Crippen molar-refractivity contribution in [3.05, 3.63) is 29.1 Å². The van der Waals surface area contributed by atoms with E-state index >= 15 is 0 Å². The van der Waals surface area contributed by atoms with E-state index in [1.807, 2.05) is 33.9 Å². The van der Waals surface area contributed by atoms with Crippen LogP contribution in [0.2, 0.25) is 0 Å². The van der Waals surface area contributed by atoms with E-state index in [2.05, 4.69) is 4.90 Å². The zero-order valence-electron chi connectivity index (χ0n) is 12.5. The van der Waals surface area contributed by atoms with Crippen molar-refractivity contribution in [2.24, 2.45) is 5.73 Å². The summed E-state index contributed by atoms with van der Waals surface area (Å²) in [4.78, 5) is 2.06. The highest BCUT2D eigenvalue weighted by Gasteiger charge is 2.14. The van der Waals surface area contributed by atoms with Gasteiger partial charge in [-0.05, 0) is 51.0 Å². The predicted octanol–water partition coefficient (Wildman–Crippen LogP) is 3.02. The van der Waals surface area contributed by atoms with Gasteiger partial charge in [0.1, 0.15) is 5.82 Å². The topological polar surface area (TPSA) is 38.5 Å². The molecule has 2 N–H and O–H groups in total. The largest absolute Gasteiger partial charge is 0.377 e. The summed E-state index contributed by atoms with van der Waals surface area (Å²) in [5.74, 6) is -0.206. The van der Waals surface area contributed by atoms with Gasteiger partial charge in [-0.15, -0.1) is 0 Å². The minimum Gasteiger partial charge on any atom is -0.377 e. The summed E-state index contributed by atoms with van der Waals surface area (Å²) in [5.41, 5.74) is 8.36. The zero-order valence-corrected chi connectivity index (χ0v) is 12.5. The Morgan fingerprint density at radius 3 is 2.47 bits per heavy atom. The van der Waals surface area contributed by atoms with Crippen molar-refractivity contribution in [3.8, 4) is 0 Å². The van der Waals surface area contributed by atoms with Crippen LogP contribution in [0.1, 0.15) is 37.9 Å². The molecule has 19 heavy (non-hydrogen) atoms. The van der Waals surface area contributed by atoms with Crippen molar-refractivity contribution in [1.82, 2.24) is 0 Å². The molecule has 1 aromatic rings. The van der Waals surface area contributed by atoms with Crippen LogP contribution in [0.4, 0.5) is 10.1 Å². The number of nitrogens with two attached hydrogens (primary N) is 1. The number of hydrogen-bond donors (Lipinski definition) is 1. The van der Waals surface area contributed by atoms with Crippen LogP contribution in [0.25, 0.3) is 0 Å². The summed E-state index contributed by atoms with van der Waals surface area (Å²) < 4.78 is 19.2. The Morgan fingerprint density at radius 2 is 1.95 bits per heavy atom. The third kappa shape index (κ3) is 4.48. The summed E-state index contributed by atoms with van der Waals surface area (Å²) in [5, 5.41) is 0. The van der Waals surface area contributed by atoms with Crippen molar-refractivity contribution in [1.29, 1.82) is 0 Å². The molecule has 1 atom stereocenters. The number of anilines is 1. The number of hydrogen-bond acceptors (Lipinski definition) is 3. The van der Waals surface area contributed by atoms with Gasteiger partial charge in [0.15, 0.2) is 0 Å². The molecule has 0 fully saturated rings. The number of nitrogens with zero attached hydrogens (tertiary/aromatic N) is 1. The van der Waals surface area contributed by atoms with E-state index in [0.29, 0.717) is 12.2 Å². The predicted molar refractivity (Wildman–Crippen MR) is 78.1 cm³/mol. The fourth-order valence-electron chi connectivity index (χ4n) is 1.92. The van der Waals surface area contributed by atoms with Gasteiger partial charge in [-0.1, -0.05) is 0 Å². The lowest BCUT2D eigenvalue weighted by Gasteiger charge is -2.25. The maximum Gasteiger partial charge on any atom is 0.126 e. The van der Waals surface area contributed by atoms with Crippen molar-refractivity contribution in [3.63, 3.8) is 0 Å². The first-order chi connectivity index (χ1) is 8.82. The van der Waals surface area contributed by atoms with Crippen LogP contribution in [0.15, 0.2) is 12.1 Å².